The van der Waals surface area contributed by atoms with Crippen molar-refractivity contribution in [1.82, 2.24) is 9.97 Å². The van der Waals surface area contributed by atoms with E-state index in [4.69, 9.17) is 27.9 Å². The lowest BCUT2D eigenvalue weighted by molar-refractivity contribution is -0.122. The van der Waals surface area contributed by atoms with E-state index in [9.17, 15) is 9.59 Å². The van der Waals surface area contributed by atoms with E-state index in [-0.39, 0.29) is 10.6 Å². The number of fused-ring (bicyclic) bond motifs is 1. The van der Waals surface area contributed by atoms with Crippen molar-refractivity contribution in [2.45, 2.75) is 13.0 Å². The number of anilines is 1. The Labute approximate surface area is 152 Å². The van der Waals surface area contributed by atoms with E-state index in [0.29, 0.717) is 27.4 Å². The zero-order valence-corrected chi connectivity index (χ0v) is 14.6. The molecule has 6 nitrogen and oxygen atoms in total. The lowest BCUT2D eigenvalue weighted by Crippen LogP contribution is -2.30. The first kappa shape index (κ1) is 17.3. The van der Waals surface area contributed by atoms with Crippen LogP contribution in [0.4, 0.5) is 5.69 Å². The van der Waals surface area contributed by atoms with E-state index >= 15 is 0 Å². The lowest BCUT2D eigenvalue weighted by atomic mass is 10.2. The molecule has 0 aliphatic carbocycles. The number of aromatic nitrogens is 2. The predicted octanol–water partition coefficient (Wildman–Crippen LogP) is 3.64. The Hall–Kier alpha value is -2.57. The quantitative estimate of drug-likeness (QED) is 0.726. The van der Waals surface area contributed by atoms with E-state index in [1.54, 1.807) is 43.3 Å². The molecule has 3 rings (SSSR count). The molecule has 0 radical (unpaired) electrons. The molecule has 1 amide bonds. The Morgan fingerprint density at radius 1 is 1.28 bits per heavy atom. The molecule has 8 heteroatoms. The summed E-state index contributed by atoms with van der Waals surface area (Å²) >= 11 is 12.0. The molecule has 1 unspecified atom stereocenters. The van der Waals surface area contributed by atoms with Crippen LogP contribution in [0.25, 0.3) is 10.9 Å². The maximum atomic E-state index is 12.3. The fourth-order valence-electron chi connectivity index (χ4n) is 2.21. The minimum Gasteiger partial charge on any atom is -0.479 e. The number of nitrogens with zero attached hydrogens (tertiary/aromatic N) is 1. The second-order valence-electron chi connectivity index (χ2n) is 5.26. The van der Waals surface area contributed by atoms with Gasteiger partial charge in [0.25, 0.3) is 11.5 Å². The highest BCUT2D eigenvalue weighted by Gasteiger charge is 2.17. The number of amides is 1. The van der Waals surface area contributed by atoms with Gasteiger partial charge in [-0.25, -0.2) is 4.98 Å². The number of nitrogens with one attached hydrogen (secondary N) is 2. The fraction of sp³-hybridized carbons (Fsp3) is 0.118. The monoisotopic (exact) mass is 377 g/mol. The number of rotatable bonds is 4. The smallest absolute Gasteiger partial charge is 0.265 e. The number of benzene rings is 2. The number of ether oxygens (including phenoxy) is 1. The lowest BCUT2D eigenvalue weighted by Gasteiger charge is -2.16. The molecule has 0 saturated heterocycles. The van der Waals surface area contributed by atoms with Gasteiger partial charge in [0.05, 0.1) is 22.3 Å². The summed E-state index contributed by atoms with van der Waals surface area (Å²) in [6.45, 7) is 1.59. The molecule has 2 N–H and O–H groups in total. The molecule has 0 aliphatic heterocycles. The van der Waals surface area contributed by atoms with E-state index in [1.165, 1.54) is 6.33 Å². The Bertz CT molecular complexity index is 1000. The van der Waals surface area contributed by atoms with Crippen LogP contribution in [0.15, 0.2) is 47.5 Å². The minimum absolute atomic E-state index is 0.243. The van der Waals surface area contributed by atoms with E-state index in [1.807, 2.05) is 0 Å². The molecule has 2 aromatic carbocycles. The zero-order chi connectivity index (χ0) is 18.0. The van der Waals surface area contributed by atoms with Gasteiger partial charge in [-0.2, -0.15) is 0 Å². The van der Waals surface area contributed by atoms with Crippen LogP contribution in [0.1, 0.15) is 6.92 Å². The van der Waals surface area contributed by atoms with Crippen LogP contribution in [0.3, 0.4) is 0 Å². The summed E-state index contributed by atoms with van der Waals surface area (Å²) in [7, 11) is 0. The van der Waals surface area contributed by atoms with E-state index in [2.05, 4.69) is 15.3 Å². The molecule has 0 aliphatic rings. The number of halogens is 2. The SMILES string of the molecule is CC(Oc1cccc(Cl)c1Cl)C(=O)Nc1ccc2nc[nH]c(=O)c2c1. The first-order valence-electron chi connectivity index (χ1n) is 7.34. The summed E-state index contributed by atoms with van der Waals surface area (Å²) < 4.78 is 5.56. The average molecular weight is 378 g/mol. The largest absolute Gasteiger partial charge is 0.479 e. The summed E-state index contributed by atoms with van der Waals surface area (Å²) in [4.78, 5) is 30.7. The minimum atomic E-state index is -0.821. The molecule has 1 heterocycles. The van der Waals surface area contributed by atoms with Crippen LogP contribution in [0.2, 0.25) is 10.0 Å². The third-order valence-corrected chi connectivity index (χ3v) is 4.30. The van der Waals surface area contributed by atoms with Crippen LogP contribution < -0.4 is 15.6 Å². The Kier molecular flexibility index (Phi) is 4.92. The Morgan fingerprint density at radius 2 is 2.08 bits per heavy atom. The summed E-state index contributed by atoms with van der Waals surface area (Å²) in [5.74, 6) is -0.0771. The maximum absolute atomic E-state index is 12.3. The van der Waals surface area contributed by atoms with Crippen LogP contribution >= 0.6 is 23.2 Å². The highest BCUT2D eigenvalue weighted by Crippen LogP contribution is 2.32. The van der Waals surface area contributed by atoms with Gasteiger partial charge in [-0.3, -0.25) is 9.59 Å². The Balaban J connectivity index is 1.76. The molecule has 128 valence electrons. The highest BCUT2D eigenvalue weighted by molar-refractivity contribution is 6.42. The summed E-state index contributed by atoms with van der Waals surface area (Å²) in [6.07, 6.45) is 0.506. The van der Waals surface area contributed by atoms with Crippen LogP contribution in [-0.4, -0.2) is 22.0 Å². The number of hydrogen-bond acceptors (Lipinski definition) is 4. The summed E-state index contributed by atoms with van der Waals surface area (Å²) in [5, 5.41) is 3.66. The van der Waals surface area contributed by atoms with Crippen molar-refractivity contribution < 1.29 is 9.53 Å². The second kappa shape index (κ2) is 7.13. The third-order valence-electron chi connectivity index (χ3n) is 3.50. The van der Waals surface area contributed by atoms with Crippen LogP contribution in [0, 0.1) is 0 Å². The topological polar surface area (TPSA) is 84.1 Å². The number of hydrogen-bond donors (Lipinski definition) is 2. The molecule has 3 aromatic rings. The van der Waals surface area contributed by atoms with Crippen LogP contribution in [-0.2, 0) is 4.79 Å². The van der Waals surface area contributed by atoms with Gasteiger partial charge in [-0.15, -0.1) is 0 Å². The van der Waals surface area contributed by atoms with Gasteiger partial charge >= 0.3 is 0 Å². The van der Waals surface area contributed by atoms with Gasteiger partial charge in [-0.1, -0.05) is 29.3 Å². The third kappa shape index (κ3) is 3.75. The van der Waals surface area contributed by atoms with Crippen molar-refractivity contribution in [1.29, 1.82) is 0 Å². The van der Waals surface area contributed by atoms with Gasteiger partial charge < -0.3 is 15.0 Å². The van der Waals surface area contributed by atoms with Gasteiger partial charge in [0, 0.05) is 5.69 Å². The first-order chi connectivity index (χ1) is 12.0. The molecule has 0 fully saturated rings. The van der Waals surface area contributed by atoms with Gasteiger partial charge in [-0.05, 0) is 37.3 Å². The second-order valence-corrected chi connectivity index (χ2v) is 6.05. The van der Waals surface area contributed by atoms with Crippen molar-refractivity contribution in [2.75, 3.05) is 5.32 Å². The zero-order valence-electron chi connectivity index (χ0n) is 13.0. The standard InChI is InChI=1S/C17H13Cl2N3O3/c1-9(25-14-4-2-3-12(18)15(14)19)16(23)22-10-5-6-13-11(7-10)17(24)21-8-20-13/h2-9H,1H3,(H,22,23)(H,20,21,24). The van der Waals surface area contributed by atoms with E-state index in [0.717, 1.165) is 0 Å². The Morgan fingerprint density at radius 3 is 2.88 bits per heavy atom. The van der Waals surface area contributed by atoms with Crippen LogP contribution in [0.5, 0.6) is 5.75 Å². The normalized spacial score (nSPS) is 12.0. The van der Waals surface area contributed by atoms with Crippen molar-refractivity contribution in [3.8, 4) is 5.75 Å². The molecule has 25 heavy (non-hydrogen) atoms. The molecule has 1 atom stereocenters. The maximum Gasteiger partial charge on any atom is 0.265 e. The summed E-state index contributed by atoms with van der Waals surface area (Å²) in [5.41, 5.74) is 0.719. The molecular formula is C17H13Cl2N3O3. The van der Waals surface area contributed by atoms with Gasteiger partial charge in [0.15, 0.2) is 6.10 Å². The van der Waals surface area contributed by atoms with Crippen molar-refractivity contribution in [3.63, 3.8) is 0 Å². The summed E-state index contributed by atoms with van der Waals surface area (Å²) in [6, 6.07) is 9.79. The average Bonchev–Trinajstić information content (AvgIpc) is 2.59. The molecular weight excluding hydrogens is 365 g/mol. The van der Waals surface area contributed by atoms with Crippen molar-refractivity contribution >= 4 is 45.7 Å². The number of carbonyl (C=O) groups excluding carboxylic acids is 1. The van der Waals surface area contributed by atoms with Crippen molar-refractivity contribution in [3.05, 3.63) is 63.1 Å². The predicted molar refractivity (Wildman–Crippen MR) is 97.5 cm³/mol. The highest BCUT2D eigenvalue weighted by atomic mass is 35.5. The van der Waals surface area contributed by atoms with Gasteiger partial charge in [0.2, 0.25) is 0 Å². The molecule has 0 saturated carbocycles. The van der Waals surface area contributed by atoms with Gasteiger partial charge in [0.1, 0.15) is 10.8 Å². The number of aromatic amines is 1. The number of carbonyl (C=O) groups is 1. The molecule has 0 bridgehead atoms. The first-order valence-corrected chi connectivity index (χ1v) is 8.10. The molecule has 0 spiro atoms. The number of H-pyrrole nitrogens is 1. The van der Waals surface area contributed by atoms with E-state index < -0.39 is 12.0 Å². The molecule has 1 aromatic heterocycles. The fourth-order valence-corrected chi connectivity index (χ4v) is 2.55. The van der Waals surface area contributed by atoms with Crippen molar-refractivity contribution in [2.24, 2.45) is 0 Å².